The normalized spacial score (nSPS) is 37.3. The Morgan fingerprint density at radius 1 is 1.20 bits per heavy atom. The van der Waals surface area contributed by atoms with E-state index in [1.807, 2.05) is 13.8 Å². The number of aliphatic hydroxyl groups excluding tert-OH is 2. The molecule has 2 saturated heterocycles. The molecule has 0 unspecified atom stereocenters. The number of ketones is 1. The zero-order chi connectivity index (χ0) is 26.0. The molecule has 2 aliphatic heterocycles. The summed E-state index contributed by atoms with van der Waals surface area (Å²) in [6.45, 7) is 8.59. The van der Waals surface area contributed by atoms with Gasteiger partial charge in [0.15, 0.2) is 6.10 Å². The highest BCUT2D eigenvalue weighted by atomic mass is 19.1. The van der Waals surface area contributed by atoms with E-state index in [-0.39, 0.29) is 24.2 Å². The number of ether oxygens (including phenoxy) is 2. The van der Waals surface area contributed by atoms with E-state index in [0.717, 1.165) is 6.42 Å². The molecule has 7 atom stereocenters. The Bertz CT molecular complexity index is 935. The third kappa shape index (κ3) is 6.54. The Morgan fingerprint density at radius 3 is 2.57 bits per heavy atom. The second kappa shape index (κ2) is 10.8. The molecule has 2 fully saturated rings. The zero-order valence-electron chi connectivity index (χ0n) is 21.2. The molecule has 2 aliphatic rings. The second-order valence-corrected chi connectivity index (χ2v) is 10.9. The summed E-state index contributed by atoms with van der Waals surface area (Å²) in [6, 6.07) is 5.09. The van der Waals surface area contributed by atoms with E-state index in [1.54, 1.807) is 45.2 Å². The molecule has 1 aromatic heterocycles. The van der Waals surface area contributed by atoms with Crippen LogP contribution in [0.15, 0.2) is 30.2 Å². The Kier molecular flexibility index (Phi) is 8.50. The monoisotopic (exact) mass is 491 g/mol. The Labute approximate surface area is 206 Å². The van der Waals surface area contributed by atoms with Crippen LogP contribution in [0.5, 0.6) is 0 Å². The third-order valence-electron chi connectivity index (χ3n) is 7.69. The maximum atomic E-state index is 15.3. The number of aromatic nitrogens is 1. The lowest BCUT2D eigenvalue weighted by molar-refractivity contribution is -0.155. The fourth-order valence-corrected chi connectivity index (χ4v) is 4.88. The number of epoxide rings is 1. The molecule has 0 aliphatic carbocycles. The highest BCUT2D eigenvalue weighted by Crippen LogP contribution is 2.45. The van der Waals surface area contributed by atoms with Crippen molar-refractivity contribution in [3.05, 3.63) is 35.9 Å². The highest BCUT2D eigenvalue weighted by Gasteiger charge is 2.53. The molecule has 0 aromatic carbocycles. The quantitative estimate of drug-likeness (QED) is 0.475. The summed E-state index contributed by atoms with van der Waals surface area (Å²) >= 11 is 0. The Morgan fingerprint density at radius 2 is 1.91 bits per heavy atom. The fraction of sp³-hybridized carbons (Fsp3) is 0.667. The van der Waals surface area contributed by atoms with Gasteiger partial charge in [-0.15, -0.1) is 0 Å². The molecule has 0 bridgehead atoms. The van der Waals surface area contributed by atoms with Gasteiger partial charge in [-0.1, -0.05) is 40.2 Å². The van der Waals surface area contributed by atoms with Gasteiger partial charge in [-0.25, -0.2) is 4.39 Å². The first-order valence-corrected chi connectivity index (χ1v) is 12.4. The van der Waals surface area contributed by atoms with Crippen LogP contribution in [0.1, 0.15) is 72.4 Å². The smallest absolute Gasteiger partial charge is 0.309 e. The number of pyridine rings is 1. The van der Waals surface area contributed by atoms with Crippen molar-refractivity contribution < 1.29 is 33.7 Å². The minimum atomic E-state index is -1.36. The van der Waals surface area contributed by atoms with Crippen molar-refractivity contribution in [2.45, 2.75) is 96.7 Å². The van der Waals surface area contributed by atoms with Gasteiger partial charge in [0.2, 0.25) is 0 Å². The standard InChI is InChI=1S/C27H38FNO6/c1-16-9-8-11-27(5)22(35-27)14-20(19(28)13-18-10-6-7-12-29-18)34-23(31)15-21(30)26(3,4)25(33)17(2)24(16)32/h6-7,10,12-13,16-17,20-22,24,30,32H,8-9,11,14-15H2,1-5H3/t16-,17+,20-,21-,22-,24-,27+/m0/s1. The SMILES string of the molecule is C[C@H]1CCC[C@@]2(C)O[C@H]2C[C@@H](C(F)=Cc2ccccn2)OC(=O)C[C@H](O)C(C)(C)C(=O)[C@H](C)[C@H]1O. The topological polar surface area (TPSA) is 109 Å². The number of aliphatic hydroxyl groups is 2. The van der Waals surface area contributed by atoms with Crippen LogP contribution >= 0.6 is 0 Å². The number of Topliss-reactive ketones (excluding diaryl/α,β-unsaturated/α-hetero) is 1. The predicted octanol–water partition coefficient (Wildman–Crippen LogP) is 4.01. The zero-order valence-corrected chi connectivity index (χ0v) is 21.2. The molecule has 0 saturated carbocycles. The maximum absolute atomic E-state index is 15.3. The van der Waals surface area contributed by atoms with Crippen molar-refractivity contribution in [3.8, 4) is 0 Å². The van der Waals surface area contributed by atoms with Crippen molar-refractivity contribution in [2.24, 2.45) is 17.3 Å². The van der Waals surface area contributed by atoms with Crippen LogP contribution in [0.2, 0.25) is 0 Å². The van der Waals surface area contributed by atoms with Crippen molar-refractivity contribution in [1.29, 1.82) is 0 Å². The van der Waals surface area contributed by atoms with Crippen LogP contribution in [-0.2, 0) is 19.1 Å². The summed E-state index contributed by atoms with van der Waals surface area (Å²) in [7, 11) is 0. The molecule has 7 nitrogen and oxygen atoms in total. The number of cyclic esters (lactones) is 1. The van der Waals surface area contributed by atoms with Gasteiger partial charge in [0.1, 0.15) is 11.6 Å². The lowest BCUT2D eigenvalue weighted by atomic mass is 9.73. The molecule has 3 rings (SSSR count). The highest BCUT2D eigenvalue weighted by molar-refractivity contribution is 5.88. The summed E-state index contributed by atoms with van der Waals surface area (Å²) in [6.07, 6.45) is 0.859. The van der Waals surface area contributed by atoms with Gasteiger partial charge in [-0.3, -0.25) is 14.6 Å². The van der Waals surface area contributed by atoms with Gasteiger partial charge in [0.05, 0.1) is 41.4 Å². The number of esters is 1. The molecule has 0 radical (unpaired) electrons. The van der Waals surface area contributed by atoms with Crippen LogP contribution in [-0.4, -0.2) is 57.0 Å². The van der Waals surface area contributed by atoms with Gasteiger partial charge >= 0.3 is 5.97 Å². The van der Waals surface area contributed by atoms with Crippen molar-refractivity contribution in [1.82, 2.24) is 4.98 Å². The number of carbonyl (C=O) groups excluding carboxylic acids is 2. The van der Waals surface area contributed by atoms with E-state index in [1.165, 1.54) is 6.08 Å². The minimum absolute atomic E-state index is 0.130. The molecular weight excluding hydrogens is 453 g/mol. The first-order chi connectivity index (χ1) is 16.3. The van der Waals surface area contributed by atoms with Gasteiger partial charge in [-0.2, -0.15) is 0 Å². The summed E-state index contributed by atoms with van der Waals surface area (Å²) < 4.78 is 26.6. The Hall–Kier alpha value is -2.16. The summed E-state index contributed by atoms with van der Waals surface area (Å²) in [5.41, 5.74) is -1.38. The first-order valence-electron chi connectivity index (χ1n) is 12.4. The van der Waals surface area contributed by atoms with Crippen LogP contribution in [0.3, 0.4) is 0 Å². The van der Waals surface area contributed by atoms with E-state index < -0.39 is 53.5 Å². The lowest BCUT2D eigenvalue weighted by Crippen LogP contribution is -2.45. The third-order valence-corrected chi connectivity index (χ3v) is 7.69. The summed E-state index contributed by atoms with van der Waals surface area (Å²) in [5, 5.41) is 21.5. The molecular formula is C27H38FNO6. The number of carbonyl (C=O) groups is 2. The van der Waals surface area contributed by atoms with Crippen LogP contribution in [0.25, 0.3) is 6.08 Å². The molecule has 35 heavy (non-hydrogen) atoms. The van der Waals surface area contributed by atoms with Gasteiger partial charge in [0.25, 0.3) is 0 Å². The maximum Gasteiger partial charge on any atom is 0.309 e. The molecule has 194 valence electrons. The molecule has 0 amide bonds. The van der Waals surface area contributed by atoms with Crippen LogP contribution < -0.4 is 0 Å². The summed E-state index contributed by atoms with van der Waals surface area (Å²) in [4.78, 5) is 30.0. The average molecular weight is 492 g/mol. The van der Waals surface area contributed by atoms with Gasteiger partial charge in [0, 0.05) is 18.5 Å². The molecule has 8 heteroatoms. The molecule has 1 aromatic rings. The van der Waals surface area contributed by atoms with E-state index in [9.17, 15) is 19.8 Å². The number of hydrogen-bond donors (Lipinski definition) is 2. The van der Waals surface area contributed by atoms with Crippen molar-refractivity contribution in [2.75, 3.05) is 0 Å². The predicted molar refractivity (Wildman–Crippen MR) is 129 cm³/mol. The van der Waals surface area contributed by atoms with Crippen molar-refractivity contribution in [3.63, 3.8) is 0 Å². The van der Waals surface area contributed by atoms with E-state index in [0.29, 0.717) is 18.5 Å². The van der Waals surface area contributed by atoms with E-state index >= 15 is 4.39 Å². The van der Waals surface area contributed by atoms with E-state index in [4.69, 9.17) is 9.47 Å². The number of nitrogens with zero attached hydrogens (tertiary/aromatic N) is 1. The molecule has 3 heterocycles. The molecule has 0 spiro atoms. The molecule has 2 N–H and O–H groups in total. The Balaban J connectivity index is 1.86. The average Bonchev–Trinajstić information content (AvgIpc) is 3.45. The largest absolute Gasteiger partial charge is 0.455 e. The van der Waals surface area contributed by atoms with Crippen LogP contribution in [0, 0.1) is 17.3 Å². The number of halogens is 1. The fourth-order valence-electron chi connectivity index (χ4n) is 4.88. The van der Waals surface area contributed by atoms with E-state index in [2.05, 4.69) is 4.98 Å². The number of rotatable bonds is 2. The van der Waals surface area contributed by atoms with Crippen LogP contribution in [0.4, 0.5) is 4.39 Å². The van der Waals surface area contributed by atoms with Crippen molar-refractivity contribution >= 4 is 17.8 Å². The lowest BCUT2D eigenvalue weighted by Gasteiger charge is -2.34. The van der Waals surface area contributed by atoms with Gasteiger partial charge < -0.3 is 19.7 Å². The first kappa shape index (κ1) is 27.4. The minimum Gasteiger partial charge on any atom is -0.455 e. The number of hydrogen-bond acceptors (Lipinski definition) is 7. The van der Waals surface area contributed by atoms with Gasteiger partial charge in [-0.05, 0) is 43.9 Å². The number of fused-ring (bicyclic) bond motifs is 1. The second-order valence-electron chi connectivity index (χ2n) is 10.9. The summed E-state index contributed by atoms with van der Waals surface area (Å²) in [5.74, 6) is -2.66.